The molecule has 0 bridgehead atoms. The Morgan fingerprint density at radius 2 is 1.45 bits per heavy atom. The molecule has 0 aliphatic heterocycles. The van der Waals surface area contributed by atoms with Crippen LogP contribution in [0.25, 0.3) is 0 Å². The first kappa shape index (κ1) is 18.2. The Bertz CT molecular complexity index is 727. The molecule has 0 atom stereocenters. The summed E-state index contributed by atoms with van der Waals surface area (Å²) >= 11 is 0. The highest BCUT2D eigenvalue weighted by molar-refractivity contribution is 4.91. The lowest BCUT2D eigenvalue weighted by Crippen LogP contribution is -2.56. The third kappa shape index (κ3) is 4.32. The molecule has 1 aromatic rings. The van der Waals surface area contributed by atoms with Crippen molar-refractivity contribution in [3.63, 3.8) is 0 Å². The zero-order chi connectivity index (χ0) is 17.2. The van der Waals surface area contributed by atoms with Crippen molar-refractivity contribution in [2.45, 2.75) is 61.2 Å². The number of hydrogen-bond donors (Lipinski definition) is 0. The molecule has 0 spiro atoms. The van der Waals surface area contributed by atoms with Gasteiger partial charge in [-0.1, -0.05) is 46.8 Å². The van der Waals surface area contributed by atoms with Gasteiger partial charge in [0.05, 0.1) is 6.54 Å². The van der Waals surface area contributed by atoms with Crippen molar-refractivity contribution in [1.82, 2.24) is 13.7 Å². The molecule has 124 valence electrons. The largest absolute Gasteiger partial charge is 0.336 e. The molecular formula is C16H27N3O3. The second-order valence-corrected chi connectivity index (χ2v) is 7.54. The molecule has 0 N–H and O–H groups in total. The summed E-state index contributed by atoms with van der Waals surface area (Å²) in [6.07, 6.45) is 0. The highest BCUT2D eigenvalue weighted by atomic mass is 16.2. The number of hydrogen-bond acceptors (Lipinski definition) is 3. The minimum atomic E-state index is -0.562. The van der Waals surface area contributed by atoms with Crippen molar-refractivity contribution in [3.8, 4) is 0 Å². The maximum atomic E-state index is 12.6. The monoisotopic (exact) mass is 309 g/mol. The Labute approximate surface area is 130 Å². The summed E-state index contributed by atoms with van der Waals surface area (Å²) in [6, 6.07) is 0. The lowest BCUT2D eigenvalue weighted by Gasteiger charge is -2.21. The van der Waals surface area contributed by atoms with E-state index >= 15 is 0 Å². The zero-order valence-corrected chi connectivity index (χ0v) is 14.5. The van der Waals surface area contributed by atoms with Gasteiger partial charge in [0.2, 0.25) is 0 Å². The van der Waals surface area contributed by atoms with Crippen LogP contribution in [-0.2, 0) is 19.6 Å². The fraction of sp³-hybridized carbons (Fsp3) is 0.688. The van der Waals surface area contributed by atoms with E-state index in [0.29, 0.717) is 5.57 Å². The lowest BCUT2D eigenvalue weighted by molar-refractivity contribution is 0.305. The molecule has 0 aromatic carbocycles. The van der Waals surface area contributed by atoms with E-state index in [9.17, 15) is 14.4 Å². The zero-order valence-electron chi connectivity index (χ0n) is 14.5. The molecule has 0 unspecified atom stereocenters. The predicted octanol–water partition coefficient (Wildman–Crippen LogP) is 1.45. The van der Waals surface area contributed by atoms with Gasteiger partial charge in [-0.25, -0.2) is 28.1 Å². The molecule has 6 nitrogen and oxygen atoms in total. The number of aromatic nitrogens is 3. The highest BCUT2D eigenvalue weighted by Gasteiger charge is 2.20. The minimum absolute atomic E-state index is 0.125. The Kier molecular flexibility index (Phi) is 5.38. The van der Waals surface area contributed by atoms with Crippen LogP contribution >= 0.6 is 0 Å². The van der Waals surface area contributed by atoms with Gasteiger partial charge >= 0.3 is 17.1 Å². The lowest BCUT2D eigenvalue weighted by atomic mass is 9.97. The second kappa shape index (κ2) is 6.50. The van der Waals surface area contributed by atoms with Crippen molar-refractivity contribution < 1.29 is 0 Å². The first-order valence-electron chi connectivity index (χ1n) is 7.53. The van der Waals surface area contributed by atoms with Crippen LogP contribution in [0, 0.1) is 11.3 Å². The summed E-state index contributed by atoms with van der Waals surface area (Å²) < 4.78 is 3.41. The summed E-state index contributed by atoms with van der Waals surface area (Å²) in [5.41, 5.74) is -1.21. The standard InChI is InChI=1S/C16H27N3O3/c1-11(2)8-17-13(20)18(9-12(3)4)15(22)19(14(17)21)10-16(5,6)7/h12H,1,8-10H2,2-7H3. The van der Waals surface area contributed by atoms with Gasteiger partial charge < -0.3 is 0 Å². The third-order valence-corrected chi connectivity index (χ3v) is 2.99. The Hall–Kier alpha value is -1.85. The molecule has 1 aromatic heterocycles. The van der Waals surface area contributed by atoms with Gasteiger partial charge in [0.1, 0.15) is 0 Å². The van der Waals surface area contributed by atoms with E-state index in [4.69, 9.17) is 0 Å². The van der Waals surface area contributed by atoms with Gasteiger partial charge in [-0.2, -0.15) is 0 Å². The third-order valence-electron chi connectivity index (χ3n) is 2.99. The molecular weight excluding hydrogens is 282 g/mol. The maximum Gasteiger partial charge on any atom is 0.336 e. The quantitative estimate of drug-likeness (QED) is 0.773. The van der Waals surface area contributed by atoms with Crippen LogP contribution in [0.2, 0.25) is 0 Å². The van der Waals surface area contributed by atoms with E-state index in [1.165, 1.54) is 0 Å². The SMILES string of the molecule is C=C(C)Cn1c(=O)n(CC(C)C)c(=O)n(CC(C)(C)C)c1=O. The molecule has 0 saturated heterocycles. The van der Waals surface area contributed by atoms with Gasteiger partial charge in [-0.05, 0) is 18.3 Å². The topological polar surface area (TPSA) is 66.0 Å². The van der Waals surface area contributed by atoms with Crippen LogP contribution in [0.1, 0.15) is 41.5 Å². The molecule has 22 heavy (non-hydrogen) atoms. The maximum absolute atomic E-state index is 12.6. The number of rotatable bonds is 5. The summed E-state index contributed by atoms with van der Waals surface area (Å²) in [4.78, 5) is 37.6. The van der Waals surface area contributed by atoms with Crippen molar-refractivity contribution in [2.75, 3.05) is 0 Å². The van der Waals surface area contributed by atoms with E-state index in [0.717, 1.165) is 13.7 Å². The predicted molar refractivity (Wildman–Crippen MR) is 88.3 cm³/mol. The van der Waals surface area contributed by atoms with Gasteiger partial charge in [0.25, 0.3) is 0 Å². The minimum Gasteiger partial charge on any atom is -0.247 e. The molecule has 0 radical (unpaired) electrons. The molecule has 6 heteroatoms. The number of nitrogens with zero attached hydrogens (tertiary/aromatic N) is 3. The highest BCUT2D eigenvalue weighted by Crippen LogP contribution is 2.13. The molecule has 1 rings (SSSR count). The molecule has 0 saturated carbocycles. The van der Waals surface area contributed by atoms with Crippen LogP contribution in [0.5, 0.6) is 0 Å². The number of allylic oxidation sites excluding steroid dienone is 1. The molecule has 1 heterocycles. The second-order valence-electron chi connectivity index (χ2n) is 7.54. The van der Waals surface area contributed by atoms with Crippen LogP contribution in [-0.4, -0.2) is 13.7 Å². The van der Waals surface area contributed by atoms with E-state index in [1.54, 1.807) is 6.92 Å². The fourth-order valence-electron chi connectivity index (χ4n) is 2.22. The van der Waals surface area contributed by atoms with Crippen molar-refractivity contribution in [3.05, 3.63) is 43.6 Å². The molecule has 0 aliphatic rings. The Morgan fingerprint density at radius 3 is 1.86 bits per heavy atom. The first-order valence-corrected chi connectivity index (χ1v) is 7.53. The van der Waals surface area contributed by atoms with Gasteiger partial charge in [-0.3, -0.25) is 0 Å². The van der Waals surface area contributed by atoms with E-state index < -0.39 is 17.1 Å². The molecule has 0 amide bonds. The summed E-state index contributed by atoms with van der Waals surface area (Å²) in [5.74, 6) is 0.129. The van der Waals surface area contributed by atoms with Crippen LogP contribution in [0.3, 0.4) is 0 Å². The fourth-order valence-corrected chi connectivity index (χ4v) is 2.22. The van der Waals surface area contributed by atoms with Crippen molar-refractivity contribution in [1.29, 1.82) is 0 Å². The van der Waals surface area contributed by atoms with E-state index in [2.05, 4.69) is 6.58 Å². The molecule has 0 fully saturated rings. The Morgan fingerprint density at radius 1 is 1.00 bits per heavy atom. The Balaban J connectivity index is 3.70. The summed E-state index contributed by atoms with van der Waals surface area (Å²) in [7, 11) is 0. The van der Waals surface area contributed by atoms with Crippen LogP contribution in [0.4, 0.5) is 0 Å². The average molecular weight is 309 g/mol. The van der Waals surface area contributed by atoms with E-state index in [1.807, 2.05) is 34.6 Å². The average Bonchev–Trinajstić information content (AvgIpc) is 2.34. The van der Waals surface area contributed by atoms with Gasteiger partial charge in [-0.15, -0.1) is 0 Å². The van der Waals surface area contributed by atoms with Gasteiger partial charge in [0, 0.05) is 13.1 Å². The van der Waals surface area contributed by atoms with Gasteiger partial charge in [0.15, 0.2) is 0 Å². The van der Waals surface area contributed by atoms with Crippen LogP contribution in [0.15, 0.2) is 26.5 Å². The summed E-state index contributed by atoms with van der Waals surface area (Å²) in [5, 5.41) is 0. The summed E-state index contributed by atoms with van der Waals surface area (Å²) in [6.45, 7) is 15.9. The van der Waals surface area contributed by atoms with Crippen LogP contribution < -0.4 is 17.1 Å². The first-order chi connectivity index (χ1) is 9.94. The normalized spacial score (nSPS) is 12.0. The molecule has 0 aliphatic carbocycles. The van der Waals surface area contributed by atoms with E-state index in [-0.39, 0.29) is 31.0 Å². The van der Waals surface area contributed by atoms with Crippen molar-refractivity contribution >= 4 is 0 Å². The van der Waals surface area contributed by atoms with Crippen molar-refractivity contribution in [2.24, 2.45) is 11.3 Å². The smallest absolute Gasteiger partial charge is 0.247 e.